The number of urea groups is 1. The van der Waals surface area contributed by atoms with Gasteiger partial charge in [-0.3, -0.25) is 9.78 Å². The van der Waals surface area contributed by atoms with E-state index in [1.165, 1.54) is 0 Å². The molecule has 0 aliphatic heterocycles. The highest BCUT2D eigenvalue weighted by Gasteiger charge is 2.10. The van der Waals surface area contributed by atoms with E-state index in [0.717, 1.165) is 12.0 Å². The van der Waals surface area contributed by atoms with E-state index in [-0.39, 0.29) is 24.4 Å². The monoisotopic (exact) mass is 293 g/mol. The van der Waals surface area contributed by atoms with Crippen molar-refractivity contribution < 1.29 is 14.7 Å². The second-order valence-corrected chi connectivity index (χ2v) is 5.23. The van der Waals surface area contributed by atoms with Gasteiger partial charge in [0.05, 0.1) is 6.04 Å². The Hall–Kier alpha value is -2.11. The number of carboxylic acids is 1. The van der Waals surface area contributed by atoms with Crippen LogP contribution in [0.1, 0.15) is 44.7 Å². The fraction of sp³-hybridized carbons (Fsp3) is 0.533. The molecule has 1 heterocycles. The standard InChI is InChI=1S/C15H23N3O3/c1-11(3-4-14(19)20)5-10-17-15(21)18-12(2)13-6-8-16-9-7-13/h6-9,11-12H,3-5,10H2,1-2H3,(H,19,20)(H2,17,18,21). The van der Waals surface area contributed by atoms with E-state index < -0.39 is 5.97 Å². The first kappa shape index (κ1) is 16.9. The van der Waals surface area contributed by atoms with Crippen molar-refractivity contribution in [2.24, 2.45) is 5.92 Å². The third kappa shape index (κ3) is 7.29. The minimum absolute atomic E-state index is 0.0857. The van der Waals surface area contributed by atoms with Gasteiger partial charge in [-0.15, -0.1) is 0 Å². The first-order chi connectivity index (χ1) is 9.99. The molecule has 116 valence electrons. The average molecular weight is 293 g/mol. The molecule has 1 aromatic rings. The Morgan fingerprint density at radius 3 is 2.52 bits per heavy atom. The fourth-order valence-corrected chi connectivity index (χ4v) is 1.93. The lowest BCUT2D eigenvalue weighted by atomic mass is 10.0. The molecule has 21 heavy (non-hydrogen) atoms. The van der Waals surface area contributed by atoms with Gasteiger partial charge >= 0.3 is 12.0 Å². The number of hydrogen-bond acceptors (Lipinski definition) is 3. The zero-order chi connectivity index (χ0) is 15.7. The van der Waals surface area contributed by atoms with E-state index >= 15 is 0 Å². The second-order valence-electron chi connectivity index (χ2n) is 5.23. The Kier molecular flexibility index (Phi) is 7.21. The Bertz CT molecular complexity index is 451. The molecule has 6 nitrogen and oxygen atoms in total. The van der Waals surface area contributed by atoms with Crippen LogP contribution < -0.4 is 10.6 Å². The molecule has 0 aliphatic rings. The molecule has 0 fully saturated rings. The fourth-order valence-electron chi connectivity index (χ4n) is 1.93. The van der Waals surface area contributed by atoms with Gasteiger partial charge in [0.2, 0.25) is 0 Å². The number of carboxylic acid groups (broad SMARTS) is 1. The van der Waals surface area contributed by atoms with Gasteiger partial charge < -0.3 is 15.7 Å². The summed E-state index contributed by atoms with van der Waals surface area (Å²) in [5, 5.41) is 14.2. The Balaban J connectivity index is 2.21. The van der Waals surface area contributed by atoms with E-state index in [2.05, 4.69) is 15.6 Å². The molecule has 2 atom stereocenters. The van der Waals surface area contributed by atoms with Crippen molar-refractivity contribution in [2.45, 2.75) is 39.2 Å². The molecule has 0 aromatic carbocycles. The van der Waals surface area contributed by atoms with Crippen LogP contribution in [0.3, 0.4) is 0 Å². The minimum atomic E-state index is -0.779. The quantitative estimate of drug-likeness (QED) is 0.686. The largest absolute Gasteiger partial charge is 0.481 e. The maximum Gasteiger partial charge on any atom is 0.315 e. The zero-order valence-corrected chi connectivity index (χ0v) is 12.5. The number of pyridine rings is 1. The predicted molar refractivity (Wildman–Crippen MR) is 79.8 cm³/mol. The van der Waals surface area contributed by atoms with E-state index in [0.29, 0.717) is 13.0 Å². The predicted octanol–water partition coefficient (Wildman–Crippen LogP) is 2.33. The number of aromatic nitrogens is 1. The number of amides is 2. The lowest BCUT2D eigenvalue weighted by molar-refractivity contribution is -0.137. The minimum Gasteiger partial charge on any atom is -0.481 e. The molecule has 0 saturated heterocycles. The molecule has 0 bridgehead atoms. The van der Waals surface area contributed by atoms with E-state index in [1.807, 2.05) is 26.0 Å². The molecule has 0 aliphatic carbocycles. The number of nitrogens with zero attached hydrogens (tertiary/aromatic N) is 1. The lowest BCUT2D eigenvalue weighted by Crippen LogP contribution is -2.37. The summed E-state index contributed by atoms with van der Waals surface area (Å²) in [4.78, 5) is 26.1. The van der Waals surface area contributed by atoms with Crippen molar-refractivity contribution in [2.75, 3.05) is 6.54 Å². The maximum absolute atomic E-state index is 11.7. The summed E-state index contributed by atoms with van der Waals surface area (Å²) in [6, 6.07) is 3.42. The van der Waals surface area contributed by atoms with Crippen molar-refractivity contribution in [3.63, 3.8) is 0 Å². The van der Waals surface area contributed by atoms with Gasteiger partial charge in [0.25, 0.3) is 0 Å². The van der Waals surface area contributed by atoms with Crippen molar-refractivity contribution in [1.82, 2.24) is 15.6 Å². The summed E-state index contributed by atoms with van der Waals surface area (Å²) in [5.41, 5.74) is 0.995. The van der Waals surface area contributed by atoms with Gasteiger partial charge in [-0.1, -0.05) is 6.92 Å². The van der Waals surface area contributed by atoms with Crippen LogP contribution in [-0.4, -0.2) is 28.6 Å². The van der Waals surface area contributed by atoms with Crippen LogP contribution in [0.25, 0.3) is 0 Å². The number of nitrogens with one attached hydrogen (secondary N) is 2. The first-order valence-corrected chi connectivity index (χ1v) is 7.15. The van der Waals surface area contributed by atoms with Crippen LogP contribution in [0.4, 0.5) is 4.79 Å². The molecule has 1 rings (SSSR count). The number of carbonyl (C=O) groups is 2. The second kappa shape index (κ2) is 8.94. The smallest absolute Gasteiger partial charge is 0.315 e. The third-order valence-electron chi connectivity index (χ3n) is 3.33. The van der Waals surface area contributed by atoms with Gasteiger partial charge in [0.15, 0.2) is 0 Å². The van der Waals surface area contributed by atoms with Crippen LogP contribution >= 0.6 is 0 Å². The normalized spacial score (nSPS) is 13.2. The topological polar surface area (TPSA) is 91.3 Å². The highest BCUT2D eigenvalue weighted by Crippen LogP contribution is 2.10. The van der Waals surface area contributed by atoms with Crippen LogP contribution in [0.2, 0.25) is 0 Å². The molecule has 0 saturated carbocycles. The van der Waals surface area contributed by atoms with Gasteiger partial charge in [0, 0.05) is 25.4 Å². The molecule has 0 radical (unpaired) electrons. The number of rotatable bonds is 8. The summed E-state index contributed by atoms with van der Waals surface area (Å²) in [7, 11) is 0. The van der Waals surface area contributed by atoms with Crippen molar-refractivity contribution in [3.8, 4) is 0 Å². The van der Waals surface area contributed by atoms with Crippen molar-refractivity contribution in [1.29, 1.82) is 0 Å². The van der Waals surface area contributed by atoms with Crippen LogP contribution in [-0.2, 0) is 4.79 Å². The Morgan fingerprint density at radius 1 is 1.24 bits per heavy atom. The maximum atomic E-state index is 11.7. The van der Waals surface area contributed by atoms with Gasteiger partial charge in [-0.05, 0) is 43.4 Å². The Labute approximate surface area is 125 Å². The molecule has 6 heteroatoms. The van der Waals surface area contributed by atoms with Gasteiger partial charge in [-0.2, -0.15) is 0 Å². The molecule has 2 amide bonds. The van der Waals surface area contributed by atoms with Crippen molar-refractivity contribution >= 4 is 12.0 Å². The van der Waals surface area contributed by atoms with Gasteiger partial charge in [-0.25, -0.2) is 4.79 Å². The van der Waals surface area contributed by atoms with Crippen LogP contribution in [0.15, 0.2) is 24.5 Å². The molecular weight excluding hydrogens is 270 g/mol. The summed E-state index contributed by atoms with van der Waals surface area (Å²) < 4.78 is 0. The van der Waals surface area contributed by atoms with E-state index in [9.17, 15) is 9.59 Å². The summed E-state index contributed by atoms with van der Waals surface area (Å²) in [6.07, 6.45) is 4.95. The van der Waals surface area contributed by atoms with Gasteiger partial charge in [0.1, 0.15) is 0 Å². The van der Waals surface area contributed by atoms with Crippen LogP contribution in [0, 0.1) is 5.92 Å². The number of aliphatic carboxylic acids is 1. The van der Waals surface area contributed by atoms with Crippen molar-refractivity contribution in [3.05, 3.63) is 30.1 Å². The summed E-state index contributed by atoms with van der Waals surface area (Å²) in [5.74, 6) is -0.502. The SMILES string of the molecule is CC(CCNC(=O)NC(C)c1ccncc1)CCC(=O)O. The van der Waals surface area contributed by atoms with E-state index in [1.54, 1.807) is 12.4 Å². The highest BCUT2D eigenvalue weighted by atomic mass is 16.4. The molecule has 2 unspecified atom stereocenters. The summed E-state index contributed by atoms with van der Waals surface area (Å²) in [6.45, 7) is 4.43. The number of carbonyl (C=O) groups excluding carboxylic acids is 1. The molecule has 3 N–H and O–H groups in total. The summed E-state index contributed by atoms with van der Waals surface area (Å²) >= 11 is 0. The lowest BCUT2D eigenvalue weighted by Gasteiger charge is -2.16. The van der Waals surface area contributed by atoms with Crippen LogP contribution in [0.5, 0.6) is 0 Å². The highest BCUT2D eigenvalue weighted by molar-refractivity contribution is 5.74. The first-order valence-electron chi connectivity index (χ1n) is 7.15. The molecule has 0 spiro atoms. The Morgan fingerprint density at radius 2 is 1.90 bits per heavy atom. The van der Waals surface area contributed by atoms with E-state index in [4.69, 9.17) is 5.11 Å². The third-order valence-corrected chi connectivity index (χ3v) is 3.33. The zero-order valence-electron chi connectivity index (χ0n) is 12.5. The number of hydrogen-bond donors (Lipinski definition) is 3. The average Bonchev–Trinajstić information content (AvgIpc) is 2.46. The molecule has 1 aromatic heterocycles. The molecular formula is C15H23N3O3.